The van der Waals surface area contributed by atoms with Gasteiger partial charge in [-0.15, -0.1) is 0 Å². The maximum atomic E-state index is 11.2. The first-order valence-electron chi connectivity index (χ1n) is 4.55. The number of carbonyl (C=O) groups is 1. The molecule has 2 rings (SSSR count). The lowest BCUT2D eigenvalue weighted by Crippen LogP contribution is -1.95. The number of aryl methyl sites for hydroxylation is 1. The Morgan fingerprint density at radius 3 is 2.69 bits per heavy atom. The van der Waals surface area contributed by atoms with Crippen LogP contribution >= 0.6 is 15.9 Å². The second-order valence-electron chi connectivity index (χ2n) is 3.42. The summed E-state index contributed by atoms with van der Waals surface area (Å²) in [5.74, 6) is 0.392. The predicted octanol–water partition coefficient (Wildman–Crippen LogP) is 2.90. The van der Waals surface area contributed by atoms with Gasteiger partial charge < -0.3 is 0 Å². The molecule has 0 spiro atoms. The van der Waals surface area contributed by atoms with E-state index in [1.165, 1.54) is 11.1 Å². The van der Waals surface area contributed by atoms with Crippen LogP contribution in [0.4, 0.5) is 0 Å². The van der Waals surface area contributed by atoms with Crippen LogP contribution in [0, 0.1) is 0 Å². The molecule has 68 valence electrons. The van der Waals surface area contributed by atoms with Crippen LogP contribution in [0.3, 0.4) is 0 Å². The molecule has 0 saturated heterocycles. The molecule has 1 nitrogen and oxygen atoms in total. The van der Waals surface area contributed by atoms with E-state index in [1.807, 2.05) is 6.07 Å². The number of carbonyl (C=O) groups excluding carboxylic acids is 1. The highest BCUT2D eigenvalue weighted by Gasteiger charge is 2.14. The van der Waals surface area contributed by atoms with Crippen LogP contribution in [0.5, 0.6) is 0 Å². The molecule has 13 heavy (non-hydrogen) atoms. The zero-order valence-corrected chi connectivity index (χ0v) is 8.93. The highest BCUT2D eigenvalue weighted by atomic mass is 79.9. The number of Topliss-reactive ketones (excluding diaryl/α,β-unsaturated/α-hetero) is 1. The zero-order chi connectivity index (χ0) is 9.26. The van der Waals surface area contributed by atoms with Gasteiger partial charge in [0.2, 0.25) is 0 Å². The molecule has 0 amide bonds. The molecular formula is C11H11BrO. The summed E-state index contributed by atoms with van der Waals surface area (Å²) in [5, 5.41) is 0. The topological polar surface area (TPSA) is 17.1 Å². The molecule has 0 saturated carbocycles. The van der Waals surface area contributed by atoms with E-state index in [-0.39, 0.29) is 0 Å². The van der Waals surface area contributed by atoms with Crippen molar-refractivity contribution in [3.63, 3.8) is 0 Å². The quantitative estimate of drug-likeness (QED) is 0.636. The van der Waals surface area contributed by atoms with Crippen LogP contribution in [-0.4, -0.2) is 5.78 Å². The normalized spacial score (nSPS) is 16.5. The Morgan fingerprint density at radius 2 is 1.85 bits per heavy atom. The van der Waals surface area contributed by atoms with E-state index in [4.69, 9.17) is 0 Å². The smallest absolute Gasteiger partial charge is 0.133 e. The van der Waals surface area contributed by atoms with Crippen molar-refractivity contribution in [3.8, 4) is 0 Å². The first-order valence-corrected chi connectivity index (χ1v) is 5.34. The van der Waals surface area contributed by atoms with Gasteiger partial charge in [0, 0.05) is 17.3 Å². The Hall–Kier alpha value is -0.630. The van der Waals surface area contributed by atoms with Gasteiger partial charge in [0.05, 0.1) is 0 Å². The number of halogens is 1. The number of fused-ring (bicyclic) bond motifs is 1. The van der Waals surface area contributed by atoms with Crippen molar-refractivity contribution in [2.75, 3.05) is 0 Å². The maximum Gasteiger partial charge on any atom is 0.133 e. The van der Waals surface area contributed by atoms with E-state index >= 15 is 0 Å². The molecule has 0 radical (unpaired) electrons. The summed E-state index contributed by atoms with van der Waals surface area (Å²) in [7, 11) is 0. The van der Waals surface area contributed by atoms with Crippen molar-refractivity contribution in [1.82, 2.24) is 0 Å². The lowest BCUT2D eigenvalue weighted by molar-refractivity contribution is -0.118. The lowest BCUT2D eigenvalue weighted by atomic mass is 10.0. The van der Waals surface area contributed by atoms with Crippen LogP contribution in [0.15, 0.2) is 22.7 Å². The molecule has 1 aromatic rings. The molecule has 1 aliphatic rings. The van der Waals surface area contributed by atoms with Crippen LogP contribution < -0.4 is 0 Å². The van der Waals surface area contributed by atoms with Crippen molar-refractivity contribution in [2.24, 2.45) is 0 Å². The average molecular weight is 239 g/mol. The van der Waals surface area contributed by atoms with E-state index in [2.05, 4.69) is 28.1 Å². The van der Waals surface area contributed by atoms with E-state index in [0.717, 1.165) is 17.3 Å². The van der Waals surface area contributed by atoms with E-state index < -0.39 is 0 Å². The summed E-state index contributed by atoms with van der Waals surface area (Å²) in [4.78, 5) is 11.2. The van der Waals surface area contributed by atoms with Crippen molar-refractivity contribution in [2.45, 2.75) is 25.7 Å². The van der Waals surface area contributed by atoms with Crippen LogP contribution in [-0.2, 0) is 17.6 Å². The summed E-state index contributed by atoms with van der Waals surface area (Å²) < 4.78 is 1.15. The molecule has 0 bridgehead atoms. The minimum Gasteiger partial charge on any atom is -0.300 e. The molecule has 0 N–H and O–H groups in total. The first kappa shape index (κ1) is 8.95. The molecule has 0 aliphatic heterocycles. The Balaban J connectivity index is 2.40. The fraction of sp³-hybridized carbons (Fsp3) is 0.364. The molecule has 0 aromatic heterocycles. The Bertz CT molecular complexity index is 344. The fourth-order valence-corrected chi connectivity index (χ4v) is 2.39. The molecular weight excluding hydrogens is 228 g/mol. The van der Waals surface area contributed by atoms with Crippen molar-refractivity contribution < 1.29 is 4.79 Å². The van der Waals surface area contributed by atoms with E-state index in [0.29, 0.717) is 18.6 Å². The van der Waals surface area contributed by atoms with Crippen molar-refractivity contribution >= 4 is 21.7 Å². The second kappa shape index (κ2) is 3.62. The van der Waals surface area contributed by atoms with Gasteiger partial charge in [-0.1, -0.05) is 28.1 Å². The number of hydrogen-bond acceptors (Lipinski definition) is 1. The van der Waals surface area contributed by atoms with E-state index in [1.54, 1.807) is 0 Å². The Labute approximate surface area is 86.3 Å². The molecule has 1 aromatic carbocycles. The molecule has 0 atom stereocenters. The minimum atomic E-state index is 0.392. The van der Waals surface area contributed by atoms with Gasteiger partial charge in [-0.3, -0.25) is 4.79 Å². The van der Waals surface area contributed by atoms with Crippen LogP contribution in [0.1, 0.15) is 24.0 Å². The first-order chi connectivity index (χ1) is 6.27. The summed E-state index contributed by atoms with van der Waals surface area (Å²) in [6.45, 7) is 0. The predicted molar refractivity (Wildman–Crippen MR) is 55.8 cm³/mol. The molecule has 0 unspecified atom stereocenters. The Kier molecular flexibility index (Phi) is 2.49. The highest BCUT2D eigenvalue weighted by molar-refractivity contribution is 9.10. The van der Waals surface area contributed by atoms with Crippen molar-refractivity contribution in [1.29, 1.82) is 0 Å². The number of ketones is 1. The third-order valence-corrected chi connectivity index (χ3v) is 3.29. The van der Waals surface area contributed by atoms with E-state index in [9.17, 15) is 4.79 Å². The summed E-state index contributed by atoms with van der Waals surface area (Å²) in [5.41, 5.74) is 2.66. The minimum absolute atomic E-state index is 0.392. The van der Waals surface area contributed by atoms with Crippen LogP contribution in [0.25, 0.3) is 0 Å². The largest absolute Gasteiger partial charge is 0.300 e. The molecule has 0 fully saturated rings. The van der Waals surface area contributed by atoms with Crippen molar-refractivity contribution in [3.05, 3.63) is 33.8 Å². The summed E-state index contributed by atoms with van der Waals surface area (Å²) >= 11 is 3.53. The number of benzene rings is 1. The maximum absolute atomic E-state index is 11.2. The SMILES string of the molecule is O=C1CCc2cccc(Br)c2CC1. The van der Waals surface area contributed by atoms with Gasteiger partial charge in [0.25, 0.3) is 0 Å². The van der Waals surface area contributed by atoms with Gasteiger partial charge in [-0.05, 0) is 30.0 Å². The summed E-state index contributed by atoms with van der Waals surface area (Å²) in [6.07, 6.45) is 3.22. The molecule has 2 heteroatoms. The fourth-order valence-electron chi connectivity index (χ4n) is 1.78. The van der Waals surface area contributed by atoms with Gasteiger partial charge in [-0.2, -0.15) is 0 Å². The van der Waals surface area contributed by atoms with Gasteiger partial charge in [0.15, 0.2) is 0 Å². The Morgan fingerprint density at radius 1 is 1.08 bits per heavy atom. The highest BCUT2D eigenvalue weighted by Crippen LogP contribution is 2.25. The van der Waals surface area contributed by atoms with Gasteiger partial charge >= 0.3 is 0 Å². The zero-order valence-electron chi connectivity index (χ0n) is 7.35. The standard InChI is InChI=1S/C11H11BrO/c12-11-3-1-2-8-4-5-9(13)6-7-10(8)11/h1-3H,4-7H2. The van der Waals surface area contributed by atoms with Gasteiger partial charge in [0.1, 0.15) is 5.78 Å². The average Bonchev–Trinajstić information content (AvgIpc) is 2.30. The number of rotatable bonds is 0. The third kappa shape index (κ3) is 1.83. The van der Waals surface area contributed by atoms with Gasteiger partial charge in [-0.25, -0.2) is 0 Å². The second-order valence-corrected chi connectivity index (χ2v) is 4.27. The molecule has 1 aliphatic carbocycles. The number of hydrogen-bond donors (Lipinski definition) is 0. The lowest BCUT2D eigenvalue weighted by Gasteiger charge is -2.06. The van der Waals surface area contributed by atoms with Crippen LogP contribution in [0.2, 0.25) is 0 Å². The monoisotopic (exact) mass is 238 g/mol. The summed E-state index contributed by atoms with van der Waals surface area (Å²) in [6, 6.07) is 6.21. The molecule has 0 heterocycles. The third-order valence-electron chi connectivity index (χ3n) is 2.54.